The molecule has 0 fully saturated rings. The Bertz CT molecular complexity index is 329. The fourth-order valence-corrected chi connectivity index (χ4v) is 1.19. The average Bonchev–Trinajstić information content (AvgIpc) is 2.16. The lowest BCUT2D eigenvalue weighted by molar-refractivity contribution is -0.274. The molecule has 7 heteroatoms. The van der Waals surface area contributed by atoms with Crippen molar-refractivity contribution in [1.82, 2.24) is 0 Å². The third-order valence-electron chi connectivity index (χ3n) is 1.89. The van der Waals surface area contributed by atoms with E-state index < -0.39 is 6.36 Å². The van der Waals surface area contributed by atoms with E-state index in [4.69, 9.17) is 10.5 Å². The maximum Gasteiger partial charge on any atom is 0.573 e. The van der Waals surface area contributed by atoms with Crippen LogP contribution in [0.25, 0.3) is 0 Å². The van der Waals surface area contributed by atoms with Crippen molar-refractivity contribution in [3.63, 3.8) is 0 Å². The zero-order chi connectivity index (χ0) is 12.2. The highest BCUT2D eigenvalue weighted by atomic mass is 35.5. The second-order valence-electron chi connectivity index (χ2n) is 3.18. The molecule has 3 nitrogen and oxygen atoms in total. The molecule has 1 rings (SSSR count). The lowest BCUT2D eigenvalue weighted by Gasteiger charge is -2.12. The van der Waals surface area contributed by atoms with E-state index in [1.807, 2.05) is 0 Å². The Morgan fingerprint density at radius 2 is 1.76 bits per heavy atom. The minimum absolute atomic E-state index is 0. The molecule has 98 valence electrons. The number of halogens is 4. The molecular formula is C10H13ClF3NO2. The third-order valence-corrected chi connectivity index (χ3v) is 1.89. The number of hydrogen-bond donors (Lipinski definition) is 1. The molecule has 1 aromatic rings. The van der Waals surface area contributed by atoms with Gasteiger partial charge < -0.3 is 15.2 Å². The summed E-state index contributed by atoms with van der Waals surface area (Å²) in [7, 11) is 1.50. The Morgan fingerprint density at radius 1 is 1.24 bits per heavy atom. The monoisotopic (exact) mass is 271 g/mol. The van der Waals surface area contributed by atoms with Crippen LogP contribution in [0.2, 0.25) is 0 Å². The van der Waals surface area contributed by atoms with Gasteiger partial charge in [-0.1, -0.05) is 12.1 Å². The zero-order valence-electron chi connectivity index (χ0n) is 9.03. The Labute approximate surface area is 103 Å². The number of rotatable bonds is 4. The van der Waals surface area contributed by atoms with E-state index >= 15 is 0 Å². The number of methoxy groups -OCH3 is 1. The molecule has 1 atom stereocenters. The topological polar surface area (TPSA) is 44.5 Å². The maximum absolute atomic E-state index is 11.9. The molecule has 0 aliphatic carbocycles. The van der Waals surface area contributed by atoms with E-state index in [1.54, 1.807) is 0 Å². The molecule has 0 aliphatic rings. The highest BCUT2D eigenvalue weighted by Crippen LogP contribution is 2.23. The van der Waals surface area contributed by atoms with Crippen molar-refractivity contribution in [2.75, 3.05) is 13.7 Å². The number of hydrogen-bond acceptors (Lipinski definition) is 3. The fraction of sp³-hybridized carbons (Fsp3) is 0.400. The van der Waals surface area contributed by atoms with Gasteiger partial charge in [-0.3, -0.25) is 0 Å². The molecule has 0 radical (unpaired) electrons. The van der Waals surface area contributed by atoms with E-state index in [1.165, 1.54) is 31.4 Å². The standard InChI is InChI=1S/C10H12F3NO2.ClH/c1-15-6-9(14)7-2-4-8(5-3-7)16-10(11,12)13;/h2-5,9H,6,14H2,1H3;1H. The molecule has 1 aromatic carbocycles. The summed E-state index contributed by atoms with van der Waals surface area (Å²) in [6.07, 6.45) is -4.67. The summed E-state index contributed by atoms with van der Waals surface area (Å²) in [6, 6.07) is 5.04. The normalized spacial score (nSPS) is 12.8. The number of alkyl halides is 3. The van der Waals surface area contributed by atoms with Crippen LogP contribution >= 0.6 is 12.4 Å². The summed E-state index contributed by atoms with van der Waals surface area (Å²) >= 11 is 0. The first-order chi connectivity index (χ1) is 7.42. The summed E-state index contributed by atoms with van der Waals surface area (Å²) in [4.78, 5) is 0. The summed E-state index contributed by atoms with van der Waals surface area (Å²) < 4.78 is 44.1. The van der Waals surface area contributed by atoms with Gasteiger partial charge in [0.05, 0.1) is 12.6 Å². The molecule has 0 bridgehead atoms. The first-order valence-electron chi connectivity index (χ1n) is 4.52. The van der Waals surface area contributed by atoms with Crippen LogP contribution in [0, 0.1) is 0 Å². The van der Waals surface area contributed by atoms with Gasteiger partial charge in [0.15, 0.2) is 0 Å². The summed E-state index contributed by atoms with van der Waals surface area (Å²) in [5, 5.41) is 0. The zero-order valence-corrected chi connectivity index (χ0v) is 9.85. The van der Waals surface area contributed by atoms with Gasteiger partial charge >= 0.3 is 6.36 Å². The van der Waals surface area contributed by atoms with E-state index in [-0.39, 0.29) is 24.2 Å². The molecule has 0 saturated heterocycles. The van der Waals surface area contributed by atoms with Gasteiger partial charge in [-0.2, -0.15) is 0 Å². The molecule has 0 spiro atoms. The molecule has 0 aromatic heterocycles. The van der Waals surface area contributed by atoms with Crippen molar-refractivity contribution in [2.24, 2.45) is 5.73 Å². The Kier molecular flexibility index (Phi) is 6.30. The average molecular weight is 272 g/mol. The largest absolute Gasteiger partial charge is 0.573 e. The minimum Gasteiger partial charge on any atom is -0.406 e. The van der Waals surface area contributed by atoms with Crippen LogP contribution in [0.3, 0.4) is 0 Å². The number of ether oxygens (including phenoxy) is 2. The Morgan fingerprint density at radius 3 is 2.18 bits per heavy atom. The minimum atomic E-state index is -4.67. The van der Waals surface area contributed by atoms with Gasteiger partial charge in [0.25, 0.3) is 0 Å². The van der Waals surface area contributed by atoms with Gasteiger partial charge in [0.1, 0.15) is 5.75 Å². The van der Waals surface area contributed by atoms with Crippen LogP contribution in [-0.4, -0.2) is 20.1 Å². The smallest absolute Gasteiger partial charge is 0.406 e. The molecule has 0 heterocycles. The van der Waals surface area contributed by atoms with Crippen LogP contribution in [0.1, 0.15) is 11.6 Å². The lowest BCUT2D eigenvalue weighted by Crippen LogP contribution is -2.18. The fourth-order valence-electron chi connectivity index (χ4n) is 1.19. The Balaban J connectivity index is 0.00000256. The van der Waals surface area contributed by atoms with Crippen molar-refractivity contribution in [2.45, 2.75) is 12.4 Å². The molecule has 0 amide bonds. The highest BCUT2D eigenvalue weighted by Gasteiger charge is 2.30. The quantitative estimate of drug-likeness (QED) is 0.916. The lowest BCUT2D eigenvalue weighted by atomic mass is 10.1. The first-order valence-corrected chi connectivity index (χ1v) is 4.52. The predicted molar refractivity (Wildman–Crippen MR) is 59.2 cm³/mol. The van der Waals surface area contributed by atoms with E-state index in [0.29, 0.717) is 12.2 Å². The van der Waals surface area contributed by atoms with Crippen LogP contribution in [0.4, 0.5) is 13.2 Å². The second kappa shape index (κ2) is 6.68. The maximum atomic E-state index is 11.9. The van der Waals surface area contributed by atoms with E-state index in [2.05, 4.69) is 4.74 Å². The second-order valence-corrected chi connectivity index (χ2v) is 3.18. The van der Waals surface area contributed by atoms with Gasteiger partial charge in [-0.05, 0) is 17.7 Å². The SMILES string of the molecule is COCC(N)c1ccc(OC(F)(F)F)cc1.Cl. The summed E-state index contributed by atoms with van der Waals surface area (Å²) in [6.45, 7) is 0.305. The predicted octanol–water partition coefficient (Wildman–Crippen LogP) is 2.65. The number of nitrogens with two attached hydrogens (primary N) is 1. The Hall–Kier alpha value is -0.980. The van der Waals surface area contributed by atoms with E-state index in [9.17, 15) is 13.2 Å². The molecule has 0 saturated carbocycles. The number of benzene rings is 1. The van der Waals surface area contributed by atoms with Crippen LogP contribution < -0.4 is 10.5 Å². The first kappa shape index (κ1) is 16.0. The van der Waals surface area contributed by atoms with Crippen LogP contribution in [-0.2, 0) is 4.74 Å². The molecule has 2 N–H and O–H groups in total. The summed E-state index contributed by atoms with van der Waals surface area (Å²) in [5.41, 5.74) is 6.39. The van der Waals surface area contributed by atoms with Crippen LogP contribution in [0.5, 0.6) is 5.75 Å². The van der Waals surface area contributed by atoms with Crippen molar-refractivity contribution >= 4 is 12.4 Å². The van der Waals surface area contributed by atoms with Gasteiger partial charge in [0.2, 0.25) is 0 Å². The van der Waals surface area contributed by atoms with Crippen molar-refractivity contribution in [3.8, 4) is 5.75 Å². The molecule has 0 aliphatic heterocycles. The van der Waals surface area contributed by atoms with Crippen molar-refractivity contribution in [3.05, 3.63) is 29.8 Å². The van der Waals surface area contributed by atoms with Gasteiger partial charge in [0, 0.05) is 7.11 Å². The summed E-state index contributed by atoms with van der Waals surface area (Å²) in [5.74, 6) is -0.263. The van der Waals surface area contributed by atoms with Gasteiger partial charge in [-0.15, -0.1) is 25.6 Å². The molecular weight excluding hydrogens is 259 g/mol. The molecule has 1 unspecified atom stereocenters. The van der Waals surface area contributed by atoms with Crippen LogP contribution in [0.15, 0.2) is 24.3 Å². The van der Waals surface area contributed by atoms with Crippen molar-refractivity contribution in [1.29, 1.82) is 0 Å². The third kappa shape index (κ3) is 5.76. The van der Waals surface area contributed by atoms with Gasteiger partial charge in [-0.25, -0.2) is 0 Å². The van der Waals surface area contributed by atoms with Crippen molar-refractivity contribution < 1.29 is 22.6 Å². The van der Waals surface area contributed by atoms with E-state index in [0.717, 1.165) is 0 Å². The molecule has 17 heavy (non-hydrogen) atoms. The highest BCUT2D eigenvalue weighted by molar-refractivity contribution is 5.85.